The molecule has 1 aliphatic rings. The third-order valence-corrected chi connectivity index (χ3v) is 2.75. The molecule has 0 fully saturated rings. The van der Waals surface area contributed by atoms with Crippen LogP contribution in [0.15, 0.2) is 12.1 Å². The van der Waals surface area contributed by atoms with Crippen molar-refractivity contribution >= 4 is 5.78 Å². The predicted octanol–water partition coefficient (Wildman–Crippen LogP) is 2.39. The van der Waals surface area contributed by atoms with E-state index in [0.29, 0.717) is 12.0 Å². The van der Waals surface area contributed by atoms with E-state index in [1.807, 2.05) is 19.1 Å². The van der Waals surface area contributed by atoms with Gasteiger partial charge in [-0.25, -0.2) is 0 Å². The highest BCUT2D eigenvalue weighted by Crippen LogP contribution is 2.26. The van der Waals surface area contributed by atoms with Crippen LogP contribution in [0.1, 0.15) is 39.9 Å². The first-order chi connectivity index (χ1) is 6.74. The van der Waals surface area contributed by atoms with E-state index >= 15 is 0 Å². The van der Waals surface area contributed by atoms with Crippen LogP contribution in [0.3, 0.4) is 0 Å². The van der Waals surface area contributed by atoms with Crippen LogP contribution in [0.2, 0.25) is 0 Å². The number of carbonyl (C=O) groups is 1. The van der Waals surface area contributed by atoms with Crippen molar-refractivity contribution in [1.29, 1.82) is 5.26 Å². The molecule has 1 aliphatic carbocycles. The van der Waals surface area contributed by atoms with Gasteiger partial charge in [0.05, 0.1) is 11.6 Å². The van der Waals surface area contributed by atoms with E-state index in [2.05, 4.69) is 6.07 Å². The minimum absolute atomic E-state index is 0.195. The molecule has 0 heterocycles. The molecule has 0 aromatic heterocycles. The number of ketones is 1. The average molecular weight is 185 g/mol. The highest BCUT2D eigenvalue weighted by molar-refractivity contribution is 6.00. The summed E-state index contributed by atoms with van der Waals surface area (Å²) in [7, 11) is 0. The van der Waals surface area contributed by atoms with Gasteiger partial charge >= 0.3 is 0 Å². The van der Waals surface area contributed by atoms with Crippen molar-refractivity contribution in [2.75, 3.05) is 0 Å². The Balaban J connectivity index is 2.71. The zero-order chi connectivity index (χ0) is 10.1. The number of aryl methyl sites for hydroxylation is 1. The van der Waals surface area contributed by atoms with Crippen LogP contribution in [0.4, 0.5) is 0 Å². The number of carbonyl (C=O) groups excluding carboxylic acids is 1. The van der Waals surface area contributed by atoms with E-state index in [1.165, 1.54) is 0 Å². The zero-order valence-corrected chi connectivity index (χ0v) is 8.13. The molecule has 0 aliphatic heterocycles. The van der Waals surface area contributed by atoms with Crippen molar-refractivity contribution in [2.24, 2.45) is 0 Å². The largest absolute Gasteiger partial charge is 0.294 e. The van der Waals surface area contributed by atoms with Crippen LogP contribution < -0.4 is 0 Å². The smallest absolute Gasteiger partial charge is 0.163 e. The van der Waals surface area contributed by atoms with Gasteiger partial charge in [0.1, 0.15) is 0 Å². The monoisotopic (exact) mass is 185 g/mol. The average Bonchev–Trinajstić information content (AvgIpc) is 2.18. The summed E-state index contributed by atoms with van der Waals surface area (Å²) < 4.78 is 0. The number of nitrogens with zero attached hydrogens (tertiary/aromatic N) is 1. The van der Waals surface area contributed by atoms with E-state index in [9.17, 15) is 4.79 Å². The Bertz CT molecular complexity index is 440. The van der Waals surface area contributed by atoms with Crippen LogP contribution in [0.5, 0.6) is 0 Å². The summed E-state index contributed by atoms with van der Waals surface area (Å²) in [6.07, 6.45) is 2.37. The molecule has 0 saturated heterocycles. The Kier molecular flexibility index (Phi) is 2.09. The van der Waals surface area contributed by atoms with Crippen molar-refractivity contribution in [3.63, 3.8) is 0 Å². The van der Waals surface area contributed by atoms with Crippen LogP contribution in [0, 0.1) is 18.3 Å². The maximum absolute atomic E-state index is 11.7. The Labute approximate surface area is 83.2 Å². The van der Waals surface area contributed by atoms with Crippen LogP contribution in [-0.2, 0) is 6.42 Å². The van der Waals surface area contributed by atoms with Gasteiger partial charge in [0.25, 0.3) is 0 Å². The molecule has 70 valence electrons. The van der Waals surface area contributed by atoms with Crippen molar-refractivity contribution in [3.05, 3.63) is 34.4 Å². The van der Waals surface area contributed by atoms with Gasteiger partial charge in [-0.3, -0.25) is 4.79 Å². The van der Waals surface area contributed by atoms with Gasteiger partial charge in [-0.05, 0) is 37.0 Å². The third kappa shape index (κ3) is 1.22. The van der Waals surface area contributed by atoms with Crippen molar-refractivity contribution in [2.45, 2.75) is 26.2 Å². The second-order valence-electron chi connectivity index (χ2n) is 3.67. The Morgan fingerprint density at radius 1 is 1.36 bits per heavy atom. The van der Waals surface area contributed by atoms with Crippen LogP contribution in [-0.4, -0.2) is 5.78 Å². The molecule has 0 atom stereocenters. The summed E-state index contributed by atoms with van der Waals surface area (Å²) in [5, 5.41) is 8.91. The molecule has 2 nitrogen and oxygen atoms in total. The summed E-state index contributed by atoms with van der Waals surface area (Å²) >= 11 is 0. The van der Waals surface area contributed by atoms with E-state index < -0.39 is 0 Å². The maximum atomic E-state index is 11.7. The van der Waals surface area contributed by atoms with Crippen LogP contribution >= 0.6 is 0 Å². The number of hydrogen-bond donors (Lipinski definition) is 0. The van der Waals surface area contributed by atoms with E-state index in [1.54, 1.807) is 0 Å². The number of hydrogen-bond acceptors (Lipinski definition) is 2. The summed E-state index contributed by atoms with van der Waals surface area (Å²) in [4.78, 5) is 11.7. The molecule has 0 saturated carbocycles. The molecule has 0 spiro atoms. The third-order valence-electron chi connectivity index (χ3n) is 2.75. The van der Waals surface area contributed by atoms with Crippen LogP contribution in [0.25, 0.3) is 0 Å². The number of nitriles is 1. The summed E-state index contributed by atoms with van der Waals surface area (Å²) in [5.41, 5.74) is 3.43. The molecule has 0 N–H and O–H groups in total. The van der Waals surface area contributed by atoms with Gasteiger partial charge in [0.2, 0.25) is 0 Å². The standard InChI is InChI=1S/C12H11NO/c1-8-5-6-9(7-13)10-3-2-4-11(14)12(8)10/h5-6H,2-4H2,1H3. The fraction of sp³-hybridized carbons (Fsp3) is 0.333. The van der Waals surface area contributed by atoms with E-state index in [4.69, 9.17) is 5.26 Å². The SMILES string of the molecule is Cc1ccc(C#N)c2c1C(=O)CCC2. The molecule has 0 radical (unpaired) electrons. The van der Waals surface area contributed by atoms with Crippen molar-refractivity contribution in [3.8, 4) is 6.07 Å². The molecule has 0 bridgehead atoms. The summed E-state index contributed by atoms with van der Waals surface area (Å²) in [5.74, 6) is 0.195. The lowest BCUT2D eigenvalue weighted by molar-refractivity contribution is 0.0972. The maximum Gasteiger partial charge on any atom is 0.163 e. The molecule has 1 aromatic carbocycles. The summed E-state index contributed by atoms with van der Waals surface area (Å²) in [6, 6.07) is 5.82. The first kappa shape index (κ1) is 8.96. The van der Waals surface area contributed by atoms with Gasteiger partial charge in [-0.1, -0.05) is 6.07 Å². The quantitative estimate of drug-likeness (QED) is 0.622. The minimum atomic E-state index is 0.195. The van der Waals surface area contributed by atoms with Gasteiger partial charge in [0.15, 0.2) is 5.78 Å². The highest BCUT2D eigenvalue weighted by atomic mass is 16.1. The fourth-order valence-corrected chi connectivity index (χ4v) is 2.07. The number of fused-ring (bicyclic) bond motifs is 1. The lowest BCUT2D eigenvalue weighted by Crippen LogP contribution is -2.14. The normalized spacial score (nSPS) is 14.7. The van der Waals surface area contributed by atoms with Gasteiger partial charge in [-0.2, -0.15) is 5.26 Å². The molecule has 0 unspecified atom stereocenters. The molecule has 2 heteroatoms. The zero-order valence-electron chi connectivity index (χ0n) is 8.13. The van der Waals surface area contributed by atoms with Gasteiger partial charge in [0, 0.05) is 12.0 Å². The Morgan fingerprint density at radius 3 is 2.86 bits per heavy atom. The number of Topliss-reactive ketones (excluding diaryl/α,β-unsaturated/α-hetero) is 1. The number of benzene rings is 1. The van der Waals surface area contributed by atoms with Gasteiger partial charge < -0.3 is 0 Å². The lowest BCUT2D eigenvalue weighted by Gasteiger charge is -2.17. The predicted molar refractivity (Wildman–Crippen MR) is 53.2 cm³/mol. The molecule has 14 heavy (non-hydrogen) atoms. The molecule has 0 amide bonds. The molecule has 1 aromatic rings. The second-order valence-corrected chi connectivity index (χ2v) is 3.67. The minimum Gasteiger partial charge on any atom is -0.294 e. The topological polar surface area (TPSA) is 40.9 Å². The van der Waals surface area contributed by atoms with Gasteiger partial charge in [-0.15, -0.1) is 0 Å². The first-order valence-corrected chi connectivity index (χ1v) is 4.80. The first-order valence-electron chi connectivity index (χ1n) is 4.80. The van der Waals surface area contributed by atoms with Crippen molar-refractivity contribution < 1.29 is 4.79 Å². The summed E-state index contributed by atoms with van der Waals surface area (Å²) in [6.45, 7) is 1.93. The Morgan fingerprint density at radius 2 is 2.14 bits per heavy atom. The molecular formula is C12H11NO. The molecule has 2 rings (SSSR count). The van der Waals surface area contributed by atoms with Crippen molar-refractivity contribution in [1.82, 2.24) is 0 Å². The van der Waals surface area contributed by atoms with E-state index in [-0.39, 0.29) is 5.78 Å². The second kappa shape index (κ2) is 3.26. The molecular weight excluding hydrogens is 174 g/mol. The Hall–Kier alpha value is -1.62. The van der Waals surface area contributed by atoms with E-state index in [0.717, 1.165) is 29.5 Å². The number of rotatable bonds is 0. The lowest BCUT2D eigenvalue weighted by atomic mass is 9.85. The highest BCUT2D eigenvalue weighted by Gasteiger charge is 2.21. The fourth-order valence-electron chi connectivity index (χ4n) is 2.07.